The summed E-state index contributed by atoms with van der Waals surface area (Å²) in [4.78, 5) is 0. The van der Waals surface area contributed by atoms with Gasteiger partial charge in [-0.15, -0.1) is 0 Å². The molecule has 0 aliphatic carbocycles. The molecule has 1 aliphatic heterocycles. The molecule has 1 rings (SSSR count). The Morgan fingerprint density at radius 2 is 1.83 bits per heavy atom. The van der Waals surface area contributed by atoms with Crippen molar-refractivity contribution in [1.82, 2.24) is 15.8 Å². The molecule has 2 unspecified atom stereocenters. The van der Waals surface area contributed by atoms with E-state index in [9.17, 15) is 0 Å². The third-order valence-corrected chi connectivity index (χ3v) is 3.64. The van der Waals surface area contributed by atoms with Gasteiger partial charge < -0.3 is 5.32 Å². The summed E-state index contributed by atoms with van der Waals surface area (Å²) in [6.45, 7) is 16.0. The van der Waals surface area contributed by atoms with Crippen molar-refractivity contribution in [2.24, 2.45) is 11.8 Å². The Morgan fingerprint density at radius 1 is 1.17 bits per heavy atom. The second-order valence-electron chi connectivity index (χ2n) is 6.81. The molecule has 3 heteroatoms. The highest BCUT2D eigenvalue weighted by molar-refractivity contribution is 4.85. The lowest BCUT2D eigenvalue weighted by Crippen LogP contribution is -2.56. The maximum absolute atomic E-state index is 3.66. The largest absolute Gasteiger partial charge is 0.314 e. The van der Waals surface area contributed by atoms with Gasteiger partial charge in [0.2, 0.25) is 0 Å². The SMILES string of the molecule is CC(C)CN(NC(C)C)C1CCNC(C(C)C)C1. The van der Waals surface area contributed by atoms with Crippen molar-refractivity contribution in [1.29, 1.82) is 0 Å². The van der Waals surface area contributed by atoms with Gasteiger partial charge in [0.1, 0.15) is 0 Å². The van der Waals surface area contributed by atoms with E-state index >= 15 is 0 Å². The zero-order valence-electron chi connectivity index (χ0n) is 13.2. The molecule has 2 atom stereocenters. The maximum atomic E-state index is 3.66. The minimum atomic E-state index is 0.524. The van der Waals surface area contributed by atoms with Crippen molar-refractivity contribution in [2.45, 2.75) is 72.5 Å². The Morgan fingerprint density at radius 3 is 2.33 bits per heavy atom. The van der Waals surface area contributed by atoms with Crippen molar-refractivity contribution in [2.75, 3.05) is 13.1 Å². The van der Waals surface area contributed by atoms with Gasteiger partial charge in [-0.3, -0.25) is 5.43 Å². The Balaban J connectivity index is 2.59. The van der Waals surface area contributed by atoms with Crippen LogP contribution in [0.4, 0.5) is 0 Å². The average Bonchev–Trinajstić information content (AvgIpc) is 2.27. The maximum Gasteiger partial charge on any atom is 0.0270 e. The van der Waals surface area contributed by atoms with E-state index < -0.39 is 0 Å². The number of piperidine rings is 1. The van der Waals surface area contributed by atoms with Crippen LogP contribution in [-0.2, 0) is 0 Å². The molecule has 0 aromatic rings. The molecule has 1 saturated heterocycles. The van der Waals surface area contributed by atoms with Gasteiger partial charge in [-0.05, 0) is 45.1 Å². The lowest BCUT2D eigenvalue weighted by Gasteiger charge is -2.41. The van der Waals surface area contributed by atoms with Crippen LogP contribution < -0.4 is 10.7 Å². The molecule has 3 nitrogen and oxygen atoms in total. The first kappa shape index (κ1) is 15.9. The molecule has 0 bridgehead atoms. The van der Waals surface area contributed by atoms with Crippen LogP contribution >= 0.6 is 0 Å². The average molecular weight is 255 g/mol. The number of hydrazine groups is 1. The fourth-order valence-electron chi connectivity index (χ4n) is 2.75. The van der Waals surface area contributed by atoms with Crippen molar-refractivity contribution in [3.63, 3.8) is 0 Å². The quantitative estimate of drug-likeness (QED) is 0.715. The van der Waals surface area contributed by atoms with E-state index in [1.54, 1.807) is 0 Å². The summed E-state index contributed by atoms with van der Waals surface area (Å²) >= 11 is 0. The predicted molar refractivity (Wildman–Crippen MR) is 79.5 cm³/mol. The van der Waals surface area contributed by atoms with Crippen LogP contribution in [0.1, 0.15) is 54.4 Å². The molecular formula is C15H33N3. The zero-order chi connectivity index (χ0) is 13.7. The molecule has 0 saturated carbocycles. The molecule has 1 heterocycles. The van der Waals surface area contributed by atoms with E-state index in [-0.39, 0.29) is 0 Å². The van der Waals surface area contributed by atoms with Crippen LogP contribution in [-0.4, -0.2) is 36.2 Å². The first-order valence-corrected chi connectivity index (χ1v) is 7.66. The van der Waals surface area contributed by atoms with Crippen LogP contribution in [0.2, 0.25) is 0 Å². The standard InChI is InChI=1S/C15H33N3/c1-11(2)10-18(17-13(5)6)14-7-8-16-15(9-14)12(3)4/h11-17H,7-10H2,1-6H3. The van der Waals surface area contributed by atoms with Crippen LogP contribution in [0.15, 0.2) is 0 Å². The first-order valence-electron chi connectivity index (χ1n) is 7.66. The molecule has 1 fully saturated rings. The summed E-state index contributed by atoms with van der Waals surface area (Å²) in [6, 6.07) is 1.88. The molecule has 0 radical (unpaired) electrons. The Kier molecular flexibility index (Phi) is 6.61. The van der Waals surface area contributed by atoms with E-state index in [0.29, 0.717) is 24.0 Å². The summed E-state index contributed by atoms with van der Waals surface area (Å²) in [7, 11) is 0. The van der Waals surface area contributed by atoms with Gasteiger partial charge in [-0.1, -0.05) is 27.7 Å². The Labute approximate surface area is 114 Å². The van der Waals surface area contributed by atoms with Gasteiger partial charge in [0.05, 0.1) is 0 Å². The van der Waals surface area contributed by atoms with Crippen LogP contribution in [0.25, 0.3) is 0 Å². The molecule has 0 aromatic heterocycles. The topological polar surface area (TPSA) is 27.3 Å². The van der Waals surface area contributed by atoms with Gasteiger partial charge >= 0.3 is 0 Å². The summed E-state index contributed by atoms with van der Waals surface area (Å²) in [6.07, 6.45) is 2.53. The number of rotatable bonds is 6. The predicted octanol–water partition coefficient (Wildman–Crippen LogP) is 2.63. The van der Waals surface area contributed by atoms with Crippen molar-refractivity contribution in [3.05, 3.63) is 0 Å². The monoisotopic (exact) mass is 255 g/mol. The van der Waals surface area contributed by atoms with E-state index in [2.05, 4.69) is 57.3 Å². The first-order chi connectivity index (χ1) is 8.40. The Hall–Kier alpha value is -0.120. The van der Waals surface area contributed by atoms with Gasteiger partial charge in [-0.25, -0.2) is 5.01 Å². The van der Waals surface area contributed by atoms with Crippen LogP contribution in [0.3, 0.4) is 0 Å². The third kappa shape index (κ3) is 5.25. The molecule has 0 aromatic carbocycles. The highest BCUT2D eigenvalue weighted by atomic mass is 15.5. The van der Waals surface area contributed by atoms with Gasteiger partial charge in [0, 0.05) is 24.7 Å². The Bertz CT molecular complexity index is 216. The van der Waals surface area contributed by atoms with E-state index in [0.717, 1.165) is 19.0 Å². The highest BCUT2D eigenvalue weighted by Crippen LogP contribution is 2.20. The molecule has 2 N–H and O–H groups in total. The van der Waals surface area contributed by atoms with Gasteiger partial charge in [0.15, 0.2) is 0 Å². The lowest BCUT2D eigenvalue weighted by molar-refractivity contribution is 0.0573. The number of nitrogens with one attached hydrogen (secondary N) is 2. The minimum absolute atomic E-state index is 0.524. The van der Waals surface area contributed by atoms with Crippen LogP contribution in [0.5, 0.6) is 0 Å². The second kappa shape index (κ2) is 7.46. The molecular weight excluding hydrogens is 222 g/mol. The van der Waals surface area contributed by atoms with Crippen molar-refractivity contribution in [3.8, 4) is 0 Å². The summed E-state index contributed by atoms with van der Waals surface area (Å²) in [5.41, 5.74) is 3.65. The lowest BCUT2D eigenvalue weighted by atomic mass is 9.91. The molecule has 18 heavy (non-hydrogen) atoms. The molecule has 108 valence electrons. The second-order valence-corrected chi connectivity index (χ2v) is 6.81. The van der Waals surface area contributed by atoms with Gasteiger partial charge in [0.25, 0.3) is 0 Å². The third-order valence-electron chi connectivity index (χ3n) is 3.64. The minimum Gasteiger partial charge on any atom is -0.314 e. The van der Waals surface area contributed by atoms with Gasteiger partial charge in [-0.2, -0.15) is 0 Å². The fraction of sp³-hybridized carbons (Fsp3) is 1.00. The summed E-state index contributed by atoms with van der Waals surface area (Å²) in [5.74, 6) is 1.44. The summed E-state index contributed by atoms with van der Waals surface area (Å²) in [5, 5.41) is 6.16. The normalized spacial score (nSPS) is 25.7. The molecule has 0 amide bonds. The van der Waals surface area contributed by atoms with Crippen LogP contribution in [0, 0.1) is 11.8 Å². The zero-order valence-corrected chi connectivity index (χ0v) is 13.2. The van der Waals surface area contributed by atoms with E-state index in [1.807, 2.05) is 0 Å². The molecule has 0 spiro atoms. The van der Waals surface area contributed by atoms with E-state index in [1.165, 1.54) is 12.8 Å². The fourth-order valence-corrected chi connectivity index (χ4v) is 2.75. The highest BCUT2D eigenvalue weighted by Gasteiger charge is 2.28. The summed E-state index contributed by atoms with van der Waals surface area (Å²) < 4.78 is 0. The number of hydrogen-bond donors (Lipinski definition) is 2. The van der Waals surface area contributed by atoms with Crippen molar-refractivity contribution < 1.29 is 0 Å². The number of hydrogen-bond acceptors (Lipinski definition) is 3. The number of nitrogens with zero attached hydrogens (tertiary/aromatic N) is 1. The molecule has 1 aliphatic rings. The van der Waals surface area contributed by atoms with E-state index in [4.69, 9.17) is 0 Å². The van der Waals surface area contributed by atoms with Crippen molar-refractivity contribution >= 4 is 0 Å². The smallest absolute Gasteiger partial charge is 0.0270 e.